The van der Waals surface area contributed by atoms with Crippen LogP contribution in [-0.2, 0) is 17.9 Å². The largest absolute Gasteiger partial charge is 0.496 e. The second-order valence-electron chi connectivity index (χ2n) is 4.78. The van der Waals surface area contributed by atoms with E-state index in [1.807, 2.05) is 11.5 Å². The maximum absolute atomic E-state index is 12.3. The van der Waals surface area contributed by atoms with Crippen molar-refractivity contribution >= 4 is 23.6 Å². The third-order valence-electron chi connectivity index (χ3n) is 3.21. The van der Waals surface area contributed by atoms with E-state index in [4.69, 9.17) is 10.5 Å². The number of methoxy groups -OCH3 is 1. The Balaban J connectivity index is 2.06. The Morgan fingerprint density at radius 2 is 2.08 bits per heavy atom. The smallest absolute Gasteiger partial charge is 0.255 e. The SMILES string of the molecule is CCn1c(CNC(=O)c2ccccc2OC)nnc1SCC(N)=O. The maximum atomic E-state index is 12.3. The van der Waals surface area contributed by atoms with E-state index in [2.05, 4.69) is 15.5 Å². The van der Waals surface area contributed by atoms with Gasteiger partial charge in [-0.15, -0.1) is 10.2 Å². The van der Waals surface area contributed by atoms with Crippen molar-refractivity contribution in [3.8, 4) is 5.75 Å². The molecule has 0 aliphatic heterocycles. The summed E-state index contributed by atoms with van der Waals surface area (Å²) in [5.74, 6) is 0.560. The van der Waals surface area contributed by atoms with Crippen LogP contribution in [0.5, 0.6) is 5.75 Å². The number of aromatic nitrogens is 3. The summed E-state index contributed by atoms with van der Waals surface area (Å²) in [4.78, 5) is 23.2. The van der Waals surface area contributed by atoms with E-state index >= 15 is 0 Å². The summed E-state index contributed by atoms with van der Waals surface area (Å²) >= 11 is 1.22. The molecule has 0 radical (unpaired) electrons. The van der Waals surface area contributed by atoms with E-state index in [0.29, 0.717) is 28.8 Å². The first-order valence-corrected chi connectivity index (χ1v) is 8.29. The highest BCUT2D eigenvalue weighted by Gasteiger charge is 2.15. The monoisotopic (exact) mass is 349 g/mol. The lowest BCUT2D eigenvalue weighted by atomic mass is 10.2. The fourth-order valence-corrected chi connectivity index (χ4v) is 2.86. The number of rotatable bonds is 8. The number of nitrogens with two attached hydrogens (primary N) is 1. The molecule has 128 valence electrons. The average Bonchev–Trinajstić information content (AvgIpc) is 2.99. The molecule has 3 N–H and O–H groups in total. The zero-order valence-corrected chi connectivity index (χ0v) is 14.3. The lowest BCUT2D eigenvalue weighted by Crippen LogP contribution is -2.25. The second kappa shape index (κ2) is 8.34. The number of nitrogens with zero attached hydrogens (tertiary/aromatic N) is 3. The molecular formula is C15H19N5O3S. The van der Waals surface area contributed by atoms with Crippen LogP contribution in [0.4, 0.5) is 0 Å². The van der Waals surface area contributed by atoms with Gasteiger partial charge in [-0.25, -0.2) is 0 Å². The van der Waals surface area contributed by atoms with Gasteiger partial charge in [0.15, 0.2) is 11.0 Å². The molecule has 0 saturated heterocycles. The van der Waals surface area contributed by atoms with E-state index in [9.17, 15) is 9.59 Å². The number of benzene rings is 1. The molecule has 0 fully saturated rings. The van der Waals surface area contributed by atoms with E-state index in [1.165, 1.54) is 18.9 Å². The Hall–Kier alpha value is -2.55. The third kappa shape index (κ3) is 4.25. The molecule has 0 atom stereocenters. The van der Waals surface area contributed by atoms with Gasteiger partial charge >= 0.3 is 0 Å². The van der Waals surface area contributed by atoms with E-state index in [0.717, 1.165) is 0 Å². The minimum atomic E-state index is -0.420. The molecule has 0 spiro atoms. The highest BCUT2D eigenvalue weighted by atomic mass is 32.2. The predicted molar refractivity (Wildman–Crippen MR) is 89.8 cm³/mol. The highest BCUT2D eigenvalue weighted by Crippen LogP contribution is 2.18. The van der Waals surface area contributed by atoms with Crippen molar-refractivity contribution in [1.29, 1.82) is 0 Å². The van der Waals surface area contributed by atoms with Gasteiger partial charge in [-0.05, 0) is 19.1 Å². The van der Waals surface area contributed by atoms with E-state index in [-0.39, 0.29) is 18.2 Å². The average molecular weight is 349 g/mol. The summed E-state index contributed by atoms with van der Waals surface area (Å²) in [6, 6.07) is 6.98. The van der Waals surface area contributed by atoms with Crippen LogP contribution in [0.15, 0.2) is 29.4 Å². The highest BCUT2D eigenvalue weighted by molar-refractivity contribution is 7.99. The molecule has 2 rings (SSSR count). The van der Waals surface area contributed by atoms with Crippen molar-refractivity contribution in [2.75, 3.05) is 12.9 Å². The molecule has 2 amide bonds. The van der Waals surface area contributed by atoms with Gasteiger partial charge in [0.25, 0.3) is 5.91 Å². The van der Waals surface area contributed by atoms with Gasteiger partial charge in [-0.2, -0.15) is 0 Å². The molecule has 8 nitrogen and oxygen atoms in total. The number of hydrogen-bond donors (Lipinski definition) is 2. The van der Waals surface area contributed by atoms with Crippen LogP contribution in [0.3, 0.4) is 0 Å². The summed E-state index contributed by atoms with van der Waals surface area (Å²) in [5, 5.41) is 11.5. The van der Waals surface area contributed by atoms with E-state index < -0.39 is 5.91 Å². The quantitative estimate of drug-likeness (QED) is 0.682. The minimum absolute atomic E-state index is 0.131. The van der Waals surface area contributed by atoms with E-state index in [1.54, 1.807) is 24.3 Å². The Morgan fingerprint density at radius 1 is 1.33 bits per heavy atom. The fraction of sp³-hybridized carbons (Fsp3) is 0.333. The van der Waals surface area contributed by atoms with Crippen LogP contribution in [-0.4, -0.2) is 39.4 Å². The lowest BCUT2D eigenvalue weighted by Gasteiger charge is -2.10. The number of hydrogen-bond acceptors (Lipinski definition) is 6. The Morgan fingerprint density at radius 3 is 2.75 bits per heavy atom. The molecular weight excluding hydrogens is 330 g/mol. The molecule has 1 heterocycles. The standard InChI is InChI=1S/C15H19N5O3S/c1-3-20-13(18-19-15(20)24-9-12(16)21)8-17-14(22)10-6-4-5-7-11(10)23-2/h4-7H,3,8-9H2,1-2H3,(H2,16,21)(H,17,22). The van der Waals surface area contributed by atoms with Crippen molar-refractivity contribution in [3.05, 3.63) is 35.7 Å². The molecule has 1 aromatic heterocycles. The van der Waals surface area contributed by atoms with Crippen molar-refractivity contribution in [1.82, 2.24) is 20.1 Å². The Kier molecular flexibility index (Phi) is 6.19. The molecule has 24 heavy (non-hydrogen) atoms. The predicted octanol–water partition coefficient (Wildman–Crippen LogP) is 0.814. The zero-order chi connectivity index (χ0) is 17.5. The van der Waals surface area contributed by atoms with Crippen LogP contribution in [0.1, 0.15) is 23.1 Å². The van der Waals surface area contributed by atoms with Crippen molar-refractivity contribution in [3.63, 3.8) is 0 Å². The van der Waals surface area contributed by atoms with Crippen LogP contribution in [0, 0.1) is 0 Å². The van der Waals surface area contributed by atoms with Crippen molar-refractivity contribution in [2.45, 2.75) is 25.2 Å². The minimum Gasteiger partial charge on any atom is -0.496 e. The lowest BCUT2D eigenvalue weighted by molar-refractivity contribution is -0.115. The maximum Gasteiger partial charge on any atom is 0.255 e. The first-order valence-electron chi connectivity index (χ1n) is 7.31. The fourth-order valence-electron chi connectivity index (χ4n) is 2.10. The molecule has 0 aliphatic carbocycles. The number of amides is 2. The Bertz CT molecular complexity index is 732. The topological polar surface area (TPSA) is 112 Å². The summed E-state index contributed by atoms with van der Waals surface area (Å²) in [6.45, 7) is 2.77. The molecule has 0 saturated carbocycles. The summed E-state index contributed by atoms with van der Waals surface area (Å²) < 4.78 is 7.01. The third-order valence-corrected chi connectivity index (χ3v) is 4.20. The zero-order valence-electron chi connectivity index (χ0n) is 13.5. The van der Waals surface area contributed by atoms with Crippen molar-refractivity contribution < 1.29 is 14.3 Å². The molecule has 9 heteroatoms. The molecule has 0 unspecified atom stereocenters. The first-order chi connectivity index (χ1) is 11.6. The second-order valence-corrected chi connectivity index (χ2v) is 5.72. The number of para-hydroxylation sites is 1. The number of primary amides is 1. The van der Waals surface area contributed by atoms with Crippen molar-refractivity contribution in [2.24, 2.45) is 5.73 Å². The van der Waals surface area contributed by atoms with Gasteiger partial charge < -0.3 is 20.4 Å². The first kappa shape index (κ1) is 17.8. The van der Waals surface area contributed by atoms with Gasteiger partial charge in [-0.3, -0.25) is 9.59 Å². The van der Waals surface area contributed by atoms with Gasteiger partial charge in [0.2, 0.25) is 5.91 Å². The van der Waals surface area contributed by atoms with Crippen LogP contribution in [0.2, 0.25) is 0 Å². The number of thioether (sulfide) groups is 1. The summed E-state index contributed by atoms with van der Waals surface area (Å²) in [6.07, 6.45) is 0. The number of carbonyl (C=O) groups excluding carboxylic acids is 2. The van der Waals surface area contributed by atoms with Gasteiger partial charge in [0.05, 0.1) is 25.0 Å². The van der Waals surface area contributed by atoms with Gasteiger partial charge in [-0.1, -0.05) is 23.9 Å². The van der Waals surface area contributed by atoms with Gasteiger partial charge in [0, 0.05) is 6.54 Å². The number of carbonyl (C=O) groups is 2. The normalized spacial score (nSPS) is 10.4. The number of ether oxygens (including phenoxy) is 1. The van der Waals surface area contributed by atoms with Crippen LogP contribution in [0.25, 0.3) is 0 Å². The van der Waals surface area contributed by atoms with Gasteiger partial charge in [0.1, 0.15) is 5.75 Å². The molecule has 1 aromatic carbocycles. The number of nitrogens with one attached hydrogen (secondary N) is 1. The van der Waals surface area contributed by atoms with Crippen LogP contribution >= 0.6 is 11.8 Å². The molecule has 0 bridgehead atoms. The molecule has 2 aromatic rings. The Labute approximate surface area is 143 Å². The molecule has 0 aliphatic rings. The van der Waals surface area contributed by atoms with Crippen LogP contribution < -0.4 is 15.8 Å². The summed E-state index contributed by atoms with van der Waals surface area (Å²) in [5.41, 5.74) is 5.59. The summed E-state index contributed by atoms with van der Waals surface area (Å²) in [7, 11) is 1.52.